The number of rotatable bonds is 1. The van der Waals surface area contributed by atoms with Crippen molar-refractivity contribution in [3.8, 4) is 0 Å². The first kappa shape index (κ1) is 8.98. The average Bonchev–Trinajstić information content (AvgIpc) is 1.97. The molecule has 0 N–H and O–H groups in total. The number of ether oxygens (including phenoxy) is 1. The Balaban J connectivity index is 2.48. The third-order valence-electron chi connectivity index (χ3n) is 2.88. The van der Waals surface area contributed by atoms with E-state index in [9.17, 15) is 4.39 Å². The standard InChI is InChI=1S/C9H17FO/c1-6-4-8(10)9(11-3)5-7(6)2/h6-9H,4-5H2,1-3H3/t6-,7+,8-,9-/m1/s1. The van der Waals surface area contributed by atoms with Crippen molar-refractivity contribution < 1.29 is 9.13 Å². The first-order valence-corrected chi connectivity index (χ1v) is 4.32. The van der Waals surface area contributed by atoms with Gasteiger partial charge in [-0.15, -0.1) is 0 Å². The van der Waals surface area contributed by atoms with Gasteiger partial charge in [-0.05, 0) is 24.7 Å². The van der Waals surface area contributed by atoms with Crippen LogP contribution in [-0.2, 0) is 4.74 Å². The number of hydrogen-bond donors (Lipinski definition) is 0. The van der Waals surface area contributed by atoms with E-state index in [0.717, 1.165) is 6.42 Å². The van der Waals surface area contributed by atoms with Gasteiger partial charge in [0.15, 0.2) is 0 Å². The van der Waals surface area contributed by atoms with Crippen LogP contribution in [0.4, 0.5) is 4.39 Å². The second kappa shape index (κ2) is 3.53. The summed E-state index contributed by atoms with van der Waals surface area (Å²) < 4.78 is 18.2. The minimum Gasteiger partial charge on any atom is -0.378 e. The van der Waals surface area contributed by atoms with Crippen molar-refractivity contribution >= 4 is 0 Å². The Kier molecular flexibility index (Phi) is 2.88. The maximum absolute atomic E-state index is 13.1. The lowest BCUT2D eigenvalue weighted by molar-refractivity contribution is -0.0256. The molecule has 0 saturated heterocycles. The summed E-state index contributed by atoms with van der Waals surface area (Å²) in [6.07, 6.45) is 0.644. The summed E-state index contributed by atoms with van der Waals surface area (Å²) in [6, 6.07) is 0. The van der Waals surface area contributed by atoms with Gasteiger partial charge in [0, 0.05) is 7.11 Å². The number of methoxy groups -OCH3 is 1. The molecule has 0 aromatic heterocycles. The van der Waals surface area contributed by atoms with Crippen molar-refractivity contribution in [3.05, 3.63) is 0 Å². The van der Waals surface area contributed by atoms with E-state index in [1.807, 2.05) is 0 Å². The number of hydrogen-bond acceptors (Lipinski definition) is 1. The monoisotopic (exact) mass is 160 g/mol. The lowest BCUT2D eigenvalue weighted by atomic mass is 9.79. The van der Waals surface area contributed by atoms with Crippen LogP contribution in [0.15, 0.2) is 0 Å². The Morgan fingerprint density at radius 1 is 1.18 bits per heavy atom. The van der Waals surface area contributed by atoms with Crippen molar-refractivity contribution in [3.63, 3.8) is 0 Å². The Bertz CT molecular complexity index is 127. The average molecular weight is 160 g/mol. The van der Waals surface area contributed by atoms with Crippen molar-refractivity contribution in [1.29, 1.82) is 0 Å². The van der Waals surface area contributed by atoms with E-state index < -0.39 is 6.17 Å². The van der Waals surface area contributed by atoms with Crippen molar-refractivity contribution in [2.24, 2.45) is 11.8 Å². The fourth-order valence-corrected chi connectivity index (χ4v) is 1.73. The third kappa shape index (κ3) is 1.92. The van der Waals surface area contributed by atoms with E-state index in [1.54, 1.807) is 7.11 Å². The Hall–Kier alpha value is -0.110. The van der Waals surface area contributed by atoms with E-state index in [2.05, 4.69) is 13.8 Å². The van der Waals surface area contributed by atoms with Crippen molar-refractivity contribution in [2.75, 3.05) is 7.11 Å². The van der Waals surface area contributed by atoms with Crippen molar-refractivity contribution in [2.45, 2.75) is 39.0 Å². The molecule has 4 atom stereocenters. The Labute approximate surface area is 67.9 Å². The molecule has 1 aliphatic rings. The maximum atomic E-state index is 13.1. The second-order valence-corrected chi connectivity index (χ2v) is 3.72. The van der Waals surface area contributed by atoms with E-state index in [1.165, 1.54) is 0 Å². The molecule has 0 amide bonds. The molecule has 0 aliphatic heterocycles. The van der Waals surface area contributed by atoms with Gasteiger partial charge >= 0.3 is 0 Å². The summed E-state index contributed by atoms with van der Waals surface area (Å²) in [7, 11) is 1.60. The molecule has 1 rings (SSSR count). The molecule has 0 heterocycles. The van der Waals surface area contributed by atoms with Gasteiger partial charge in [-0.3, -0.25) is 0 Å². The zero-order chi connectivity index (χ0) is 8.43. The summed E-state index contributed by atoms with van der Waals surface area (Å²) >= 11 is 0. The molecule has 1 fully saturated rings. The molecule has 1 nitrogen and oxygen atoms in total. The highest BCUT2D eigenvalue weighted by Crippen LogP contribution is 2.32. The maximum Gasteiger partial charge on any atom is 0.126 e. The van der Waals surface area contributed by atoms with Gasteiger partial charge in [-0.25, -0.2) is 4.39 Å². The highest BCUT2D eigenvalue weighted by atomic mass is 19.1. The van der Waals surface area contributed by atoms with E-state index in [0.29, 0.717) is 18.3 Å². The SMILES string of the molecule is CO[C@@H]1C[C@H](C)[C@H](C)C[C@H]1F. The van der Waals surface area contributed by atoms with Crippen LogP contribution >= 0.6 is 0 Å². The first-order valence-electron chi connectivity index (χ1n) is 4.32. The topological polar surface area (TPSA) is 9.23 Å². The first-order chi connectivity index (χ1) is 5.15. The van der Waals surface area contributed by atoms with Crippen LogP contribution in [0.1, 0.15) is 26.7 Å². The number of alkyl halides is 1. The largest absolute Gasteiger partial charge is 0.378 e. The van der Waals surface area contributed by atoms with Crippen LogP contribution in [0, 0.1) is 11.8 Å². The van der Waals surface area contributed by atoms with Gasteiger partial charge in [0.25, 0.3) is 0 Å². The molecule has 1 aliphatic carbocycles. The summed E-state index contributed by atoms with van der Waals surface area (Å²) in [6.45, 7) is 4.28. The van der Waals surface area contributed by atoms with Crippen LogP contribution in [0.3, 0.4) is 0 Å². The van der Waals surface area contributed by atoms with E-state index >= 15 is 0 Å². The lowest BCUT2D eigenvalue weighted by Crippen LogP contribution is -2.35. The summed E-state index contributed by atoms with van der Waals surface area (Å²) in [5.74, 6) is 1.11. The smallest absolute Gasteiger partial charge is 0.126 e. The molecule has 0 unspecified atom stereocenters. The fourth-order valence-electron chi connectivity index (χ4n) is 1.73. The quantitative estimate of drug-likeness (QED) is 0.572. The zero-order valence-corrected chi connectivity index (χ0v) is 7.51. The summed E-state index contributed by atoms with van der Waals surface area (Å²) in [5, 5.41) is 0. The molecule has 11 heavy (non-hydrogen) atoms. The van der Waals surface area contributed by atoms with E-state index in [-0.39, 0.29) is 6.10 Å². The second-order valence-electron chi connectivity index (χ2n) is 3.72. The van der Waals surface area contributed by atoms with Crippen LogP contribution in [0.5, 0.6) is 0 Å². The predicted molar refractivity (Wildman–Crippen MR) is 43.3 cm³/mol. The Morgan fingerprint density at radius 2 is 1.73 bits per heavy atom. The molecule has 1 saturated carbocycles. The van der Waals surface area contributed by atoms with Gasteiger partial charge < -0.3 is 4.74 Å². The molecule has 0 spiro atoms. The van der Waals surface area contributed by atoms with E-state index in [4.69, 9.17) is 4.74 Å². The third-order valence-corrected chi connectivity index (χ3v) is 2.88. The molecule has 0 aromatic carbocycles. The molecule has 0 bridgehead atoms. The van der Waals surface area contributed by atoms with Crippen LogP contribution in [0.25, 0.3) is 0 Å². The molecular formula is C9H17FO. The van der Waals surface area contributed by atoms with Gasteiger partial charge in [0.2, 0.25) is 0 Å². The van der Waals surface area contributed by atoms with Crippen LogP contribution in [-0.4, -0.2) is 19.4 Å². The normalized spacial score (nSPS) is 45.8. The summed E-state index contributed by atoms with van der Waals surface area (Å²) in [4.78, 5) is 0. The molecular weight excluding hydrogens is 143 g/mol. The van der Waals surface area contributed by atoms with Gasteiger partial charge in [-0.1, -0.05) is 13.8 Å². The zero-order valence-electron chi connectivity index (χ0n) is 7.51. The molecule has 0 aromatic rings. The van der Waals surface area contributed by atoms with Crippen LogP contribution in [0.2, 0.25) is 0 Å². The highest BCUT2D eigenvalue weighted by molar-refractivity contribution is 4.82. The lowest BCUT2D eigenvalue weighted by Gasteiger charge is -2.33. The Morgan fingerprint density at radius 3 is 2.27 bits per heavy atom. The van der Waals surface area contributed by atoms with Gasteiger partial charge in [-0.2, -0.15) is 0 Å². The minimum absolute atomic E-state index is 0.152. The molecule has 0 radical (unpaired) electrons. The van der Waals surface area contributed by atoms with Gasteiger partial charge in [0.05, 0.1) is 6.10 Å². The fraction of sp³-hybridized carbons (Fsp3) is 1.00. The predicted octanol–water partition coefficient (Wildman–Crippen LogP) is 2.41. The minimum atomic E-state index is -0.744. The van der Waals surface area contributed by atoms with Gasteiger partial charge in [0.1, 0.15) is 6.17 Å². The van der Waals surface area contributed by atoms with Crippen molar-refractivity contribution in [1.82, 2.24) is 0 Å². The number of halogens is 1. The summed E-state index contributed by atoms with van der Waals surface area (Å²) in [5.41, 5.74) is 0. The molecule has 66 valence electrons. The highest BCUT2D eigenvalue weighted by Gasteiger charge is 2.32. The molecule has 2 heteroatoms. The van der Waals surface area contributed by atoms with Crippen LogP contribution < -0.4 is 0 Å².